The topological polar surface area (TPSA) is 25.9 Å². The highest BCUT2D eigenvalue weighted by atomic mass is 16.1. The van der Waals surface area contributed by atoms with Crippen LogP contribution >= 0.6 is 0 Å². The van der Waals surface area contributed by atoms with Crippen LogP contribution in [0.3, 0.4) is 0 Å². The predicted octanol–water partition coefficient (Wildman–Crippen LogP) is 3.09. The van der Waals surface area contributed by atoms with Gasteiger partial charge in [0.25, 0.3) is 0 Å². The van der Waals surface area contributed by atoms with Gasteiger partial charge < -0.3 is 0 Å². The van der Waals surface area contributed by atoms with Crippen LogP contribution in [0.4, 0.5) is 0 Å². The number of aromatic nitrogens is 2. The SMILES string of the molecule is Cc1cccc(C)c1CC(=O)Cn1c(C)cc[n+]1C(C)C. The minimum absolute atomic E-state index is 0.251. The van der Waals surface area contributed by atoms with Gasteiger partial charge in [0, 0.05) is 12.5 Å². The van der Waals surface area contributed by atoms with Gasteiger partial charge in [0.2, 0.25) is 0 Å². The van der Waals surface area contributed by atoms with E-state index in [-0.39, 0.29) is 5.78 Å². The maximum Gasteiger partial charge on any atom is 0.196 e. The minimum Gasteiger partial charge on any atom is -0.297 e. The number of Topliss-reactive ketones (excluding diaryl/α,β-unsaturated/α-hetero) is 1. The molecular formula is C18H25N2O+. The number of hydrogen-bond donors (Lipinski definition) is 0. The maximum atomic E-state index is 12.5. The Labute approximate surface area is 127 Å². The van der Waals surface area contributed by atoms with Gasteiger partial charge in [-0.25, -0.2) is 0 Å². The quantitative estimate of drug-likeness (QED) is 0.775. The van der Waals surface area contributed by atoms with Gasteiger partial charge in [-0.3, -0.25) is 4.79 Å². The van der Waals surface area contributed by atoms with Gasteiger partial charge in [0.05, 0.1) is 5.69 Å². The summed E-state index contributed by atoms with van der Waals surface area (Å²) < 4.78 is 4.19. The van der Waals surface area contributed by atoms with Crippen LogP contribution in [0.25, 0.3) is 0 Å². The van der Waals surface area contributed by atoms with E-state index in [0.29, 0.717) is 19.0 Å². The Morgan fingerprint density at radius 3 is 2.33 bits per heavy atom. The zero-order valence-corrected chi connectivity index (χ0v) is 13.7. The van der Waals surface area contributed by atoms with E-state index in [1.54, 1.807) is 0 Å². The van der Waals surface area contributed by atoms with E-state index in [1.807, 2.05) is 19.2 Å². The number of rotatable bonds is 5. The number of benzene rings is 1. The second-order valence-corrected chi connectivity index (χ2v) is 6.07. The number of hydrogen-bond acceptors (Lipinski definition) is 1. The molecule has 2 rings (SSSR count). The van der Waals surface area contributed by atoms with E-state index in [4.69, 9.17) is 0 Å². The molecule has 0 bridgehead atoms. The van der Waals surface area contributed by atoms with Crippen molar-refractivity contribution in [3.05, 3.63) is 52.8 Å². The first-order valence-electron chi connectivity index (χ1n) is 7.54. The van der Waals surface area contributed by atoms with Crippen LogP contribution in [-0.2, 0) is 17.8 Å². The van der Waals surface area contributed by atoms with Crippen LogP contribution in [0.15, 0.2) is 30.5 Å². The average molecular weight is 285 g/mol. The fourth-order valence-electron chi connectivity index (χ4n) is 2.74. The average Bonchev–Trinajstić information content (AvgIpc) is 2.76. The van der Waals surface area contributed by atoms with Crippen LogP contribution in [0.2, 0.25) is 0 Å². The Balaban J connectivity index is 2.18. The molecule has 0 aliphatic rings. The Kier molecular flexibility index (Phi) is 4.61. The summed E-state index contributed by atoms with van der Waals surface area (Å²) in [6, 6.07) is 8.61. The zero-order chi connectivity index (χ0) is 15.6. The molecule has 0 unspecified atom stereocenters. The molecule has 0 saturated heterocycles. The van der Waals surface area contributed by atoms with Gasteiger partial charge in [-0.1, -0.05) is 18.2 Å². The van der Waals surface area contributed by atoms with Gasteiger partial charge in [-0.05, 0) is 51.3 Å². The first-order valence-corrected chi connectivity index (χ1v) is 7.54. The number of carbonyl (C=O) groups excluding carboxylic acids is 1. The summed E-state index contributed by atoms with van der Waals surface area (Å²) in [5.74, 6) is 0.251. The summed E-state index contributed by atoms with van der Waals surface area (Å²) in [4.78, 5) is 12.5. The highest BCUT2D eigenvalue weighted by molar-refractivity contribution is 5.81. The molecule has 0 amide bonds. The molecule has 2 aromatic rings. The molecule has 3 nitrogen and oxygen atoms in total. The molecule has 0 fully saturated rings. The largest absolute Gasteiger partial charge is 0.297 e. The Bertz CT molecular complexity index is 633. The summed E-state index contributed by atoms with van der Waals surface area (Å²) in [5, 5.41) is 0. The van der Waals surface area contributed by atoms with E-state index in [0.717, 1.165) is 5.69 Å². The van der Waals surface area contributed by atoms with Crippen molar-refractivity contribution in [1.29, 1.82) is 0 Å². The molecule has 1 heterocycles. The normalized spacial score (nSPS) is 11.1. The Hall–Kier alpha value is -1.90. The van der Waals surface area contributed by atoms with Crippen molar-refractivity contribution >= 4 is 5.78 Å². The number of ketones is 1. The molecule has 112 valence electrons. The molecule has 0 N–H and O–H groups in total. The lowest BCUT2D eigenvalue weighted by Gasteiger charge is -2.10. The standard InChI is InChI=1S/C18H25N2O/c1-13(2)19-10-9-16(5)20(19)12-17(21)11-18-14(3)7-6-8-15(18)4/h6-10,13H,11-12H2,1-5H3/q+1. The molecule has 0 atom stereocenters. The molecule has 21 heavy (non-hydrogen) atoms. The lowest BCUT2D eigenvalue weighted by Crippen LogP contribution is -2.46. The van der Waals surface area contributed by atoms with Gasteiger partial charge in [-0.15, -0.1) is 4.68 Å². The maximum absolute atomic E-state index is 12.5. The molecule has 0 radical (unpaired) electrons. The number of nitrogens with zero attached hydrogens (tertiary/aromatic N) is 2. The third-order valence-electron chi connectivity index (χ3n) is 4.03. The van der Waals surface area contributed by atoms with Gasteiger partial charge in [0.15, 0.2) is 18.0 Å². The Morgan fingerprint density at radius 2 is 1.76 bits per heavy atom. The van der Waals surface area contributed by atoms with Crippen LogP contribution in [0, 0.1) is 20.8 Å². The number of aryl methyl sites for hydroxylation is 3. The van der Waals surface area contributed by atoms with E-state index in [9.17, 15) is 4.79 Å². The lowest BCUT2D eigenvalue weighted by molar-refractivity contribution is -0.791. The molecule has 0 saturated carbocycles. The highest BCUT2D eigenvalue weighted by Crippen LogP contribution is 2.14. The van der Waals surface area contributed by atoms with Crippen molar-refractivity contribution in [2.24, 2.45) is 0 Å². The molecular weight excluding hydrogens is 260 g/mol. The molecule has 1 aromatic heterocycles. The van der Waals surface area contributed by atoms with Gasteiger partial charge in [-0.2, -0.15) is 4.68 Å². The monoisotopic (exact) mass is 285 g/mol. The van der Waals surface area contributed by atoms with Crippen molar-refractivity contribution < 1.29 is 9.48 Å². The second-order valence-electron chi connectivity index (χ2n) is 6.07. The first-order chi connectivity index (χ1) is 9.90. The minimum atomic E-state index is 0.251. The summed E-state index contributed by atoms with van der Waals surface area (Å²) in [6.45, 7) is 10.9. The van der Waals surface area contributed by atoms with Crippen molar-refractivity contribution in [3.8, 4) is 0 Å². The summed E-state index contributed by atoms with van der Waals surface area (Å²) in [5.41, 5.74) is 4.69. The van der Waals surface area contributed by atoms with E-state index in [2.05, 4.69) is 55.3 Å². The third kappa shape index (κ3) is 3.41. The fraction of sp³-hybridized carbons (Fsp3) is 0.444. The van der Waals surface area contributed by atoms with E-state index >= 15 is 0 Å². The zero-order valence-electron chi connectivity index (χ0n) is 13.7. The van der Waals surface area contributed by atoms with E-state index < -0.39 is 0 Å². The Morgan fingerprint density at radius 1 is 1.14 bits per heavy atom. The summed E-state index contributed by atoms with van der Waals surface area (Å²) >= 11 is 0. The number of carbonyl (C=O) groups is 1. The smallest absolute Gasteiger partial charge is 0.196 e. The van der Waals surface area contributed by atoms with Crippen molar-refractivity contribution in [2.45, 2.75) is 53.6 Å². The fourth-order valence-corrected chi connectivity index (χ4v) is 2.74. The highest BCUT2D eigenvalue weighted by Gasteiger charge is 2.19. The lowest BCUT2D eigenvalue weighted by atomic mass is 9.98. The van der Waals surface area contributed by atoms with Crippen LogP contribution in [0.5, 0.6) is 0 Å². The first kappa shape index (κ1) is 15.5. The molecule has 0 aliphatic heterocycles. The second kappa shape index (κ2) is 6.25. The van der Waals surface area contributed by atoms with Crippen LogP contribution in [0.1, 0.15) is 42.3 Å². The van der Waals surface area contributed by atoms with Crippen LogP contribution < -0.4 is 4.68 Å². The van der Waals surface area contributed by atoms with Crippen LogP contribution in [-0.4, -0.2) is 10.5 Å². The van der Waals surface area contributed by atoms with E-state index in [1.165, 1.54) is 16.7 Å². The molecule has 0 spiro atoms. The van der Waals surface area contributed by atoms with Crippen molar-refractivity contribution in [2.75, 3.05) is 0 Å². The van der Waals surface area contributed by atoms with Gasteiger partial charge in [0.1, 0.15) is 6.54 Å². The van der Waals surface area contributed by atoms with Crippen molar-refractivity contribution in [1.82, 2.24) is 4.68 Å². The predicted molar refractivity (Wildman–Crippen MR) is 84.4 cm³/mol. The van der Waals surface area contributed by atoms with Gasteiger partial charge >= 0.3 is 0 Å². The molecule has 0 aliphatic carbocycles. The van der Waals surface area contributed by atoms with Crippen molar-refractivity contribution in [3.63, 3.8) is 0 Å². The molecule has 1 aromatic carbocycles. The summed E-state index contributed by atoms with van der Waals surface area (Å²) in [6.07, 6.45) is 2.56. The third-order valence-corrected chi connectivity index (χ3v) is 4.03. The summed E-state index contributed by atoms with van der Waals surface area (Å²) in [7, 11) is 0. The molecule has 3 heteroatoms.